The van der Waals surface area contributed by atoms with E-state index in [9.17, 15) is 4.79 Å². The van der Waals surface area contributed by atoms with Crippen LogP contribution < -0.4 is 5.56 Å². The van der Waals surface area contributed by atoms with Crippen LogP contribution in [0.3, 0.4) is 0 Å². The molecule has 2 heterocycles. The van der Waals surface area contributed by atoms with Gasteiger partial charge in [0, 0.05) is 6.42 Å². The minimum absolute atomic E-state index is 0.0812. The lowest BCUT2D eigenvalue weighted by Gasteiger charge is -2.10. The molecule has 0 atom stereocenters. The average molecular weight is 360 g/mol. The van der Waals surface area contributed by atoms with Crippen LogP contribution in [-0.2, 0) is 19.4 Å². The summed E-state index contributed by atoms with van der Waals surface area (Å²) in [6, 6.07) is 15.6. The number of aromatic nitrogens is 4. The van der Waals surface area contributed by atoms with Crippen molar-refractivity contribution in [2.24, 2.45) is 0 Å². The fraction of sp³-hybridized carbons (Fsp3) is 0.238. The lowest BCUT2D eigenvalue weighted by atomic mass is 10.1. The van der Waals surface area contributed by atoms with E-state index in [1.807, 2.05) is 37.3 Å². The second-order valence-electron chi connectivity index (χ2n) is 6.56. The van der Waals surface area contributed by atoms with Gasteiger partial charge >= 0.3 is 0 Å². The molecule has 0 radical (unpaired) electrons. The second-order valence-corrected chi connectivity index (χ2v) is 6.56. The number of para-hydroxylation sites is 1. The van der Waals surface area contributed by atoms with Gasteiger partial charge in [0.15, 0.2) is 5.82 Å². The standard InChI is InChI=1S/C21H20N4O2/c1-3-19-22-17-7-5-4-6-16(17)21(26)25(19)13-18-23-20(27-24-18)12-15-10-8-14(2)9-11-15/h4-11H,3,12-13H2,1-2H3. The Morgan fingerprint density at radius 3 is 2.59 bits per heavy atom. The summed E-state index contributed by atoms with van der Waals surface area (Å²) in [5, 5.41) is 4.64. The molecule has 0 aliphatic heterocycles. The first kappa shape index (κ1) is 17.1. The van der Waals surface area contributed by atoms with Crippen LogP contribution in [0.4, 0.5) is 0 Å². The third kappa shape index (κ3) is 3.51. The maximum absolute atomic E-state index is 12.9. The van der Waals surface area contributed by atoms with Crippen molar-refractivity contribution in [1.82, 2.24) is 19.7 Å². The summed E-state index contributed by atoms with van der Waals surface area (Å²) in [4.78, 5) is 21.9. The van der Waals surface area contributed by atoms with Gasteiger partial charge < -0.3 is 4.52 Å². The highest BCUT2D eigenvalue weighted by molar-refractivity contribution is 5.77. The molecule has 0 aliphatic carbocycles. The van der Waals surface area contributed by atoms with Gasteiger partial charge in [-0.05, 0) is 24.6 Å². The molecule has 136 valence electrons. The van der Waals surface area contributed by atoms with Crippen LogP contribution >= 0.6 is 0 Å². The normalized spacial score (nSPS) is 11.2. The molecular formula is C21H20N4O2. The SMILES string of the molecule is CCc1nc2ccccc2c(=O)n1Cc1noc(Cc2ccc(C)cc2)n1. The van der Waals surface area contributed by atoms with E-state index in [2.05, 4.69) is 34.2 Å². The number of rotatable bonds is 5. The quantitative estimate of drug-likeness (QED) is 0.546. The van der Waals surface area contributed by atoms with E-state index in [1.165, 1.54) is 5.56 Å². The smallest absolute Gasteiger partial charge is 0.261 e. The molecule has 6 heteroatoms. The van der Waals surface area contributed by atoms with Gasteiger partial charge in [-0.2, -0.15) is 4.98 Å². The zero-order valence-corrected chi connectivity index (χ0v) is 15.3. The van der Waals surface area contributed by atoms with Crippen molar-refractivity contribution in [3.05, 3.63) is 87.6 Å². The highest BCUT2D eigenvalue weighted by atomic mass is 16.5. The van der Waals surface area contributed by atoms with Crippen molar-refractivity contribution in [3.63, 3.8) is 0 Å². The minimum atomic E-state index is -0.0812. The van der Waals surface area contributed by atoms with Crippen molar-refractivity contribution in [2.75, 3.05) is 0 Å². The molecule has 0 spiro atoms. The van der Waals surface area contributed by atoms with Gasteiger partial charge in [0.2, 0.25) is 5.89 Å². The molecule has 0 unspecified atom stereocenters. The molecule has 0 fully saturated rings. The molecule has 27 heavy (non-hydrogen) atoms. The lowest BCUT2D eigenvalue weighted by Crippen LogP contribution is -2.26. The Kier molecular flexibility index (Phi) is 4.54. The molecular weight excluding hydrogens is 340 g/mol. The molecule has 0 bridgehead atoms. The lowest BCUT2D eigenvalue weighted by molar-refractivity contribution is 0.377. The second kappa shape index (κ2) is 7.15. The topological polar surface area (TPSA) is 73.8 Å². The van der Waals surface area contributed by atoms with Gasteiger partial charge in [0.1, 0.15) is 5.82 Å². The minimum Gasteiger partial charge on any atom is -0.339 e. The number of nitrogens with zero attached hydrogens (tertiary/aromatic N) is 4. The van der Waals surface area contributed by atoms with E-state index in [0.29, 0.717) is 41.3 Å². The fourth-order valence-corrected chi connectivity index (χ4v) is 3.10. The third-order valence-corrected chi connectivity index (χ3v) is 4.54. The maximum atomic E-state index is 12.9. The Morgan fingerprint density at radius 2 is 1.81 bits per heavy atom. The molecule has 2 aromatic carbocycles. The first-order chi connectivity index (χ1) is 13.1. The van der Waals surface area contributed by atoms with E-state index in [4.69, 9.17) is 4.52 Å². The van der Waals surface area contributed by atoms with Crippen molar-refractivity contribution in [3.8, 4) is 0 Å². The third-order valence-electron chi connectivity index (χ3n) is 4.54. The van der Waals surface area contributed by atoms with E-state index in [-0.39, 0.29) is 12.1 Å². The van der Waals surface area contributed by atoms with Crippen LogP contribution in [0.1, 0.15) is 35.6 Å². The van der Waals surface area contributed by atoms with Gasteiger partial charge in [0.05, 0.1) is 23.9 Å². The van der Waals surface area contributed by atoms with Crippen molar-refractivity contribution in [2.45, 2.75) is 33.2 Å². The van der Waals surface area contributed by atoms with Crippen LogP contribution in [0.15, 0.2) is 57.8 Å². The zero-order valence-electron chi connectivity index (χ0n) is 15.3. The Labute approximate surface area is 156 Å². The van der Waals surface area contributed by atoms with Gasteiger partial charge in [0.25, 0.3) is 5.56 Å². The van der Waals surface area contributed by atoms with Crippen LogP contribution in [-0.4, -0.2) is 19.7 Å². The number of hydrogen-bond donors (Lipinski definition) is 0. The zero-order chi connectivity index (χ0) is 18.8. The molecule has 0 saturated carbocycles. The number of aryl methyl sites for hydroxylation is 2. The monoisotopic (exact) mass is 360 g/mol. The summed E-state index contributed by atoms with van der Waals surface area (Å²) in [6.07, 6.45) is 1.22. The predicted octanol–water partition coefficient (Wildman–Crippen LogP) is 3.29. The van der Waals surface area contributed by atoms with Crippen molar-refractivity contribution in [1.29, 1.82) is 0 Å². The molecule has 0 saturated heterocycles. The van der Waals surface area contributed by atoms with E-state index in [1.54, 1.807) is 10.6 Å². The Morgan fingerprint density at radius 1 is 1.04 bits per heavy atom. The number of fused-ring (bicyclic) bond motifs is 1. The number of benzene rings is 2. The summed E-state index contributed by atoms with van der Waals surface area (Å²) >= 11 is 0. The first-order valence-electron chi connectivity index (χ1n) is 8.99. The maximum Gasteiger partial charge on any atom is 0.261 e. The Bertz CT molecular complexity index is 1140. The van der Waals surface area contributed by atoms with Gasteiger partial charge in [-0.15, -0.1) is 0 Å². The summed E-state index contributed by atoms with van der Waals surface area (Å²) in [5.74, 6) is 1.73. The van der Waals surface area contributed by atoms with E-state index >= 15 is 0 Å². The molecule has 6 nitrogen and oxygen atoms in total. The largest absolute Gasteiger partial charge is 0.339 e. The van der Waals surface area contributed by atoms with Crippen LogP contribution in [0, 0.1) is 6.92 Å². The summed E-state index contributed by atoms with van der Waals surface area (Å²) in [6.45, 7) is 4.28. The molecule has 2 aromatic heterocycles. The van der Waals surface area contributed by atoms with Gasteiger partial charge in [-0.25, -0.2) is 4.98 Å². The fourth-order valence-electron chi connectivity index (χ4n) is 3.10. The molecule has 4 rings (SSSR count). The highest BCUT2D eigenvalue weighted by Gasteiger charge is 2.14. The van der Waals surface area contributed by atoms with Crippen LogP contribution in [0.2, 0.25) is 0 Å². The molecule has 0 N–H and O–H groups in total. The number of hydrogen-bond acceptors (Lipinski definition) is 5. The summed E-state index contributed by atoms with van der Waals surface area (Å²) in [5.41, 5.74) is 2.95. The van der Waals surface area contributed by atoms with E-state index < -0.39 is 0 Å². The Balaban J connectivity index is 1.63. The summed E-state index contributed by atoms with van der Waals surface area (Å²) in [7, 11) is 0. The van der Waals surface area contributed by atoms with Crippen molar-refractivity contribution >= 4 is 10.9 Å². The van der Waals surface area contributed by atoms with E-state index in [0.717, 1.165) is 5.56 Å². The predicted molar refractivity (Wildman–Crippen MR) is 103 cm³/mol. The van der Waals surface area contributed by atoms with Crippen LogP contribution in [0.5, 0.6) is 0 Å². The van der Waals surface area contributed by atoms with Gasteiger partial charge in [-0.3, -0.25) is 9.36 Å². The summed E-state index contributed by atoms with van der Waals surface area (Å²) < 4.78 is 7.00. The average Bonchev–Trinajstić information content (AvgIpc) is 3.13. The Hall–Kier alpha value is -3.28. The van der Waals surface area contributed by atoms with Crippen molar-refractivity contribution < 1.29 is 4.52 Å². The molecule has 0 aliphatic rings. The van der Waals surface area contributed by atoms with Gasteiger partial charge in [-0.1, -0.05) is 54.0 Å². The first-order valence-corrected chi connectivity index (χ1v) is 8.99. The van der Waals surface area contributed by atoms with Crippen LogP contribution in [0.25, 0.3) is 10.9 Å². The highest BCUT2D eigenvalue weighted by Crippen LogP contribution is 2.12. The molecule has 0 amide bonds. The molecule has 4 aromatic rings.